The first-order chi connectivity index (χ1) is 5.77. The number of hydrogen-bond acceptors (Lipinski definition) is 4. The van der Waals surface area contributed by atoms with Gasteiger partial charge in [0.25, 0.3) is 5.56 Å². The zero-order valence-corrected chi connectivity index (χ0v) is 6.59. The Morgan fingerprint density at radius 3 is 3.25 bits per heavy atom. The van der Waals surface area contributed by atoms with E-state index in [9.17, 15) is 4.79 Å². The van der Waals surface area contributed by atoms with Crippen molar-refractivity contribution in [3.63, 3.8) is 0 Å². The molecule has 62 valence electrons. The largest absolute Gasteiger partial charge is 0.363 e. The molecule has 0 saturated carbocycles. The lowest BCUT2D eigenvalue weighted by molar-refractivity contribution is 1.01. The van der Waals surface area contributed by atoms with E-state index >= 15 is 0 Å². The molecule has 5 nitrogen and oxygen atoms in total. The molecule has 12 heavy (non-hydrogen) atoms. The van der Waals surface area contributed by atoms with Crippen LogP contribution in [0.25, 0.3) is 0 Å². The van der Waals surface area contributed by atoms with Crippen LogP contribution in [-0.2, 0) is 0 Å². The van der Waals surface area contributed by atoms with Crippen LogP contribution in [0.15, 0.2) is 9.79 Å². The summed E-state index contributed by atoms with van der Waals surface area (Å²) in [7, 11) is 0. The molecule has 0 aliphatic carbocycles. The number of aliphatic imine (C=N–C) groups is 1. The second-order valence-corrected chi connectivity index (χ2v) is 2.54. The van der Waals surface area contributed by atoms with E-state index in [1.54, 1.807) is 13.1 Å². The molecule has 1 aromatic rings. The van der Waals surface area contributed by atoms with Crippen LogP contribution in [0, 0.1) is 6.92 Å². The summed E-state index contributed by atoms with van der Waals surface area (Å²) in [6.07, 6.45) is 1.65. The van der Waals surface area contributed by atoms with Crippen molar-refractivity contribution in [1.82, 2.24) is 9.97 Å². The van der Waals surface area contributed by atoms with Crippen molar-refractivity contribution in [3.05, 3.63) is 16.2 Å². The van der Waals surface area contributed by atoms with Gasteiger partial charge < -0.3 is 10.3 Å². The quantitative estimate of drug-likeness (QED) is 0.575. The smallest absolute Gasteiger partial charge is 0.278 e. The topological polar surface area (TPSA) is 70.1 Å². The monoisotopic (exact) mass is 164 g/mol. The second-order valence-electron chi connectivity index (χ2n) is 2.54. The Morgan fingerprint density at radius 2 is 2.42 bits per heavy atom. The maximum absolute atomic E-state index is 11.2. The number of aryl methyl sites for hydroxylation is 1. The summed E-state index contributed by atoms with van der Waals surface area (Å²) in [5, 5.41) is 2.96. The summed E-state index contributed by atoms with van der Waals surface area (Å²) < 4.78 is 0. The molecule has 0 aromatic carbocycles. The molecule has 0 saturated heterocycles. The third kappa shape index (κ3) is 0.990. The average molecular weight is 164 g/mol. The average Bonchev–Trinajstić information content (AvgIpc) is 2.04. The first-order valence-corrected chi connectivity index (χ1v) is 3.64. The molecule has 0 spiro atoms. The van der Waals surface area contributed by atoms with Gasteiger partial charge in [0, 0.05) is 6.21 Å². The third-order valence-electron chi connectivity index (χ3n) is 1.59. The van der Waals surface area contributed by atoms with Crippen LogP contribution in [0.4, 0.5) is 11.5 Å². The van der Waals surface area contributed by atoms with Crippen LogP contribution in [0.2, 0.25) is 0 Å². The minimum absolute atomic E-state index is 0.194. The summed E-state index contributed by atoms with van der Waals surface area (Å²) in [6, 6.07) is 0. The molecule has 0 radical (unpaired) electrons. The van der Waals surface area contributed by atoms with Gasteiger partial charge in [-0.25, -0.2) is 9.98 Å². The van der Waals surface area contributed by atoms with E-state index in [4.69, 9.17) is 0 Å². The molecule has 0 bridgehead atoms. The molecule has 0 amide bonds. The van der Waals surface area contributed by atoms with Gasteiger partial charge in [-0.15, -0.1) is 0 Å². The van der Waals surface area contributed by atoms with Crippen LogP contribution < -0.4 is 10.9 Å². The Balaban J connectivity index is 2.71. The van der Waals surface area contributed by atoms with Crippen LogP contribution in [-0.4, -0.2) is 22.7 Å². The van der Waals surface area contributed by atoms with Gasteiger partial charge in [-0.05, 0) is 6.92 Å². The molecule has 2 rings (SSSR count). The van der Waals surface area contributed by atoms with Gasteiger partial charge in [-0.1, -0.05) is 0 Å². The molecular formula is C7H8N4O. The number of nitrogens with zero attached hydrogens (tertiary/aromatic N) is 2. The fraction of sp³-hybridized carbons (Fsp3) is 0.286. The van der Waals surface area contributed by atoms with Gasteiger partial charge in [-0.2, -0.15) is 0 Å². The number of anilines is 1. The van der Waals surface area contributed by atoms with Crippen molar-refractivity contribution >= 4 is 17.7 Å². The first kappa shape index (κ1) is 7.02. The third-order valence-corrected chi connectivity index (χ3v) is 1.59. The Bertz CT molecular complexity index is 393. The Kier molecular flexibility index (Phi) is 1.43. The summed E-state index contributed by atoms with van der Waals surface area (Å²) in [5.41, 5.74) is 0.174. The predicted molar refractivity (Wildman–Crippen MR) is 46.2 cm³/mol. The van der Waals surface area contributed by atoms with E-state index in [1.807, 2.05) is 0 Å². The molecule has 0 fully saturated rings. The highest BCUT2D eigenvalue weighted by atomic mass is 16.1. The number of hydrogen-bond donors (Lipinski definition) is 2. The minimum Gasteiger partial charge on any atom is -0.363 e. The van der Waals surface area contributed by atoms with Gasteiger partial charge in [0.15, 0.2) is 11.5 Å². The number of nitrogens with one attached hydrogen (secondary N) is 2. The van der Waals surface area contributed by atoms with E-state index in [0.29, 0.717) is 23.9 Å². The molecular weight excluding hydrogens is 156 g/mol. The lowest BCUT2D eigenvalue weighted by atomic mass is 10.4. The zero-order valence-electron chi connectivity index (χ0n) is 6.59. The second kappa shape index (κ2) is 2.44. The maximum Gasteiger partial charge on any atom is 0.278 e. The van der Waals surface area contributed by atoms with Gasteiger partial charge in [0.05, 0.1) is 6.54 Å². The van der Waals surface area contributed by atoms with Crippen molar-refractivity contribution in [2.75, 3.05) is 11.9 Å². The van der Waals surface area contributed by atoms with Gasteiger partial charge in [-0.3, -0.25) is 4.79 Å². The molecule has 0 atom stereocenters. The van der Waals surface area contributed by atoms with Crippen LogP contribution in [0.1, 0.15) is 5.82 Å². The number of H-pyrrole nitrogens is 1. The Labute approximate surface area is 68.6 Å². The van der Waals surface area contributed by atoms with Gasteiger partial charge in [0.1, 0.15) is 5.82 Å². The fourth-order valence-electron chi connectivity index (χ4n) is 1.10. The van der Waals surface area contributed by atoms with Crippen LogP contribution in [0.3, 0.4) is 0 Å². The summed E-state index contributed by atoms with van der Waals surface area (Å²) in [6.45, 7) is 2.37. The predicted octanol–water partition coefficient (Wildman–Crippen LogP) is 0.206. The van der Waals surface area contributed by atoms with E-state index in [0.717, 1.165) is 0 Å². The lowest BCUT2D eigenvalue weighted by Crippen LogP contribution is -2.17. The SMILES string of the molecule is Cc1nc2c(c(=O)[nH]1)N=CCN2. The highest BCUT2D eigenvalue weighted by Gasteiger charge is 2.10. The molecule has 2 N–H and O–H groups in total. The zero-order chi connectivity index (χ0) is 8.55. The number of aromatic amines is 1. The highest BCUT2D eigenvalue weighted by molar-refractivity contribution is 5.77. The van der Waals surface area contributed by atoms with Gasteiger partial charge >= 0.3 is 0 Å². The molecule has 1 aliphatic heterocycles. The molecule has 1 aromatic heterocycles. The Morgan fingerprint density at radius 1 is 1.58 bits per heavy atom. The highest BCUT2D eigenvalue weighted by Crippen LogP contribution is 2.18. The summed E-state index contributed by atoms with van der Waals surface area (Å²) in [4.78, 5) is 21.8. The van der Waals surface area contributed by atoms with Crippen molar-refractivity contribution in [1.29, 1.82) is 0 Å². The molecule has 2 heterocycles. The van der Waals surface area contributed by atoms with Crippen molar-refractivity contribution in [3.8, 4) is 0 Å². The van der Waals surface area contributed by atoms with E-state index in [-0.39, 0.29) is 5.56 Å². The number of rotatable bonds is 0. The van der Waals surface area contributed by atoms with Crippen LogP contribution in [0.5, 0.6) is 0 Å². The summed E-state index contributed by atoms with van der Waals surface area (Å²) in [5.74, 6) is 1.17. The lowest BCUT2D eigenvalue weighted by Gasteiger charge is -2.09. The molecule has 0 unspecified atom stereocenters. The normalized spacial score (nSPS) is 13.8. The van der Waals surface area contributed by atoms with Gasteiger partial charge in [0.2, 0.25) is 0 Å². The van der Waals surface area contributed by atoms with E-state index < -0.39 is 0 Å². The minimum atomic E-state index is -0.194. The van der Waals surface area contributed by atoms with E-state index in [2.05, 4.69) is 20.3 Å². The van der Waals surface area contributed by atoms with Crippen molar-refractivity contribution in [2.45, 2.75) is 6.92 Å². The first-order valence-electron chi connectivity index (χ1n) is 3.64. The van der Waals surface area contributed by atoms with Crippen molar-refractivity contribution < 1.29 is 0 Å². The maximum atomic E-state index is 11.2. The van der Waals surface area contributed by atoms with E-state index in [1.165, 1.54) is 0 Å². The fourth-order valence-corrected chi connectivity index (χ4v) is 1.10. The molecule has 1 aliphatic rings. The standard InChI is InChI=1S/C7H8N4O/c1-4-10-6-5(7(12)11-4)8-2-3-9-6/h2H,3H2,1H3,(H2,9,10,11,12). The number of aromatic nitrogens is 2. The van der Waals surface area contributed by atoms with Crippen LogP contribution >= 0.6 is 0 Å². The Hall–Kier alpha value is -1.65. The molecule has 5 heteroatoms. The van der Waals surface area contributed by atoms with Crippen molar-refractivity contribution in [2.24, 2.45) is 4.99 Å². The summed E-state index contributed by atoms with van der Waals surface area (Å²) >= 11 is 0. The number of fused-ring (bicyclic) bond motifs is 1.